The third-order valence-corrected chi connectivity index (χ3v) is 4.11. The van der Waals surface area contributed by atoms with Crippen molar-refractivity contribution in [1.29, 1.82) is 5.26 Å². The SMILES string of the molecule is COC(=O)C(C#N)=C1Sc2nccnc2S1. The van der Waals surface area contributed by atoms with Gasteiger partial charge in [0.2, 0.25) is 0 Å². The van der Waals surface area contributed by atoms with Crippen molar-refractivity contribution in [2.75, 3.05) is 7.11 Å². The molecule has 0 radical (unpaired) electrons. The van der Waals surface area contributed by atoms with Gasteiger partial charge < -0.3 is 4.74 Å². The highest BCUT2D eigenvalue weighted by molar-refractivity contribution is 8.24. The summed E-state index contributed by atoms with van der Waals surface area (Å²) in [6.07, 6.45) is 3.14. The number of ether oxygens (including phenoxy) is 1. The molecule has 2 rings (SSSR count). The predicted octanol–water partition coefficient (Wildman–Crippen LogP) is 1.58. The van der Waals surface area contributed by atoms with Crippen LogP contribution in [-0.4, -0.2) is 23.0 Å². The molecular formula is C9H5N3O2S2. The Morgan fingerprint density at radius 3 is 2.38 bits per heavy atom. The summed E-state index contributed by atoms with van der Waals surface area (Å²) in [6.45, 7) is 0. The summed E-state index contributed by atoms with van der Waals surface area (Å²) in [5.74, 6) is -0.634. The van der Waals surface area contributed by atoms with Crippen molar-refractivity contribution < 1.29 is 9.53 Å². The first-order valence-electron chi connectivity index (χ1n) is 4.15. The zero-order chi connectivity index (χ0) is 11.5. The molecule has 0 aromatic carbocycles. The summed E-state index contributed by atoms with van der Waals surface area (Å²) in [7, 11) is 1.24. The van der Waals surface area contributed by atoms with Gasteiger partial charge in [-0.2, -0.15) is 5.26 Å². The van der Waals surface area contributed by atoms with Crippen LogP contribution in [0.4, 0.5) is 0 Å². The molecule has 1 aliphatic rings. The zero-order valence-electron chi connectivity index (χ0n) is 8.13. The van der Waals surface area contributed by atoms with Crippen LogP contribution in [0.25, 0.3) is 0 Å². The minimum Gasteiger partial charge on any atom is -0.465 e. The third kappa shape index (κ3) is 1.89. The van der Waals surface area contributed by atoms with Gasteiger partial charge in [-0.25, -0.2) is 14.8 Å². The normalized spacial score (nSPS) is 12.9. The van der Waals surface area contributed by atoms with E-state index in [0.717, 1.165) is 0 Å². The highest BCUT2D eigenvalue weighted by Gasteiger charge is 2.26. The Labute approximate surface area is 99.9 Å². The maximum absolute atomic E-state index is 11.3. The minimum atomic E-state index is -0.634. The van der Waals surface area contributed by atoms with Crippen LogP contribution < -0.4 is 0 Å². The molecule has 1 aromatic rings. The molecule has 0 N–H and O–H groups in total. The molecule has 0 spiro atoms. The second-order valence-corrected chi connectivity index (χ2v) is 4.89. The molecule has 0 saturated carbocycles. The van der Waals surface area contributed by atoms with Gasteiger partial charge in [0, 0.05) is 12.4 Å². The Balaban J connectivity index is 2.38. The number of nitrogens with zero attached hydrogens (tertiary/aromatic N) is 3. The molecule has 0 aliphatic carbocycles. The molecule has 16 heavy (non-hydrogen) atoms. The molecule has 0 saturated heterocycles. The van der Waals surface area contributed by atoms with Crippen molar-refractivity contribution in [3.05, 3.63) is 22.2 Å². The lowest BCUT2D eigenvalue weighted by molar-refractivity contribution is -0.135. The van der Waals surface area contributed by atoms with E-state index in [2.05, 4.69) is 14.7 Å². The van der Waals surface area contributed by atoms with Crippen molar-refractivity contribution in [2.24, 2.45) is 0 Å². The lowest BCUT2D eigenvalue weighted by Gasteiger charge is -1.98. The van der Waals surface area contributed by atoms with Gasteiger partial charge in [-0.1, -0.05) is 23.5 Å². The monoisotopic (exact) mass is 251 g/mol. The molecule has 1 aromatic heterocycles. The number of methoxy groups -OCH3 is 1. The van der Waals surface area contributed by atoms with Crippen LogP contribution in [0.1, 0.15) is 0 Å². The summed E-state index contributed by atoms with van der Waals surface area (Å²) >= 11 is 2.52. The Morgan fingerprint density at radius 1 is 1.38 bits per heavy atom. The van der Waals surface area contributed by atoms with Gasteiger partial charge in [0.1, 0.15) is 16.1 Å². The van der Waals surface area contributed by atoms with Crippen LogP contribution in [0.5, 0.6) is 0 Å². The number of esters is 1. The second-order valence-electron chi connectivity index (χ2n) is 2.64. The van der Waals surface area contributed by atoms with Crippen LogP contribution in [0.3, 0.4) is 0 Å². The topological polar surface area (TPSA) is 75.9 Å². The number of hydrogen-bond donors (Lipinski definition) is 0. The number of carbonyl (C=O) groups excluding carboxylic acids is 1. The van der Waals surface area contributed by atoms with E-state index in [9.17, 15) is 4.79 Å². The molecule has 0 atom stereocenters. The Hall–Kier alpha value is -1.52. The third-order valence-electron chi connectivity index (χ3n) is 1.72. The molecule has 0 bridgehead atoms. The molecule has 0 unspecified atom stereocenters. The van der Waals surface area contributed by atoms with Gasteiger partial charge in [0.15, 0.2) is 5.57 Å². The quantitative estimate of drug-likeness (QED) is 0.426. The lowest BCUT2D eigenvalue weighted by atomic mass is 10.3. The molecule has 7 heteroatoms. The molecule has 1 aliphatic heterocycles. The van der Waals surface area contributed by atoms with Crippen molar-refractivity contribution in [3.8, 4) is 6.07 Å². The Kier molecular flexibility index (Phi) is 3.12. The number of rotatable bonds is 1. The van der Waals surface area contributed by atoms with Gasteiger partial charge in [0.05, 0.1) is 11.3 Å². The van der Waals surface area contributed by atoms with Crippen molar-refractivity contribution in [2.45, 2.75) is 10.1 Å². The zero-order valence-corrected chi connectivity index (χ0v) is 9.76. The number of carbonyl (C=O) groups is 1. The van der Waals surface area contributed by atoms with E-state index in [-0.39, 0.29) is 5.57 Å². The first-order valence-corrected chi connectivity index (χ1v) is 5.79. The first kappa shape index (κ1) is 11.0. The Bertz CT molecular complexity index is 495. The number of aromatic nitrogens is 2. The Morgan fingerprint density at radius 2 is 1.94 bits per heavy atom. The fourth-order valence-corrected chi connectivity index (χ4v) is 3.24. The fourth-order valence-electron chi connectivity index (χ4n) is 1.03. The standard InChI is InChI=1S/C9H5N3O2S2/c1-14-8(13)5(4-10)9-15-6-7(16-9)12-3-2-11-6/h2-3H,1H3. The van der Waals surface area contributed by atoms with E-state index in [1.54, 1.807) is 12.4 Å². The fraction of sp³-hybridized carbons (Fsp3) is 0.111. The smallest absolute Gasteiger partial charge is 0.350 e. The number of nitriles is 1. The van der Waals surface area contributed by atoms with Crippen LogP contribution >= 0.6 is 23.5 Å². The number of fused-ring (bicyclic) bond motifs is 1. The van der Waals surface area contributed by atoms with Gasteiger partial charge in [-0.15, -0.1) is 0 Å². The first-order chi connectivity index (χ1) is 7.76. The molecule has 0 amide bonds. The van der Waals surface area contributed by atoms with E-state index in [0.29, 0.717) is 14.3 Å². The summed E-state index contributed by atoms with van der Waals surface area (Å²) in [4.78, 5) is 19.5. The maximum Gasteiger partial charge on any atom is 0.350 e. The molecule has 5 nitrogen and oxygen atoms in total. The molecular weight excluding hydrogens is 246 g/mol. The molecule has 80 valence electrons. The van der Waals surface area contributed by atoms with E-state index >= 15 is 0 Å². The largest absolute Gasteiger partial charge is 0.465 e. The van der Waals surface area contributed by atoms with Crippen molar-refractivity contribution in [1.82, 2.24) is 9.97 Å². The highest BCUT2D eigenvalue weighted by atomic mass is 32.2. The van der Waals surface area contributed by atoms with Crippen LogP contribution in [-0.2, 0) is 9.53 Å². The molecule has 2 heterocycles. The summed E-state index contributed by atoms with van der Waals surface area (Å²) < 4.78 is 5.09. The average molecular weight is 251 g/mol. The number of thioether (sulfide) groups is 2. The number of hydrogen-bond acceptors (Lipinski definition) is 7. The molecule has 0 fully saturated rings. The second kappa shape index (κ2) is 4.55. The van der Waals surface area contributed by atoms with E-state index in [1.165, 1.54) is 30.6 Å². The summed E-state index contributed by atoms with van der Waals surface area (Å²) in [5.41, 5.74) is -0.00250. The van der Waals surface area contributed by atoms with E-state index in [4.69, 9.17) is 5.26 Å². The van der Waals surface area contributed by atoms with Gasteiger partial charge in [0.25, 0.3) is 0 Å². The van der Waals surface area contributed by atoms with Gasteiger partial charge >= 0.3 is 5.97 Å². The van der Waals surface area contributed by atoms with E-state index < -0.39 is 5.97 Å². The van der Waals surface area contributed by atoms with Crippen LogP contribution in [0.15, 0.2) is 32.3 Å². The summed E-state index contributed by atoms with van der Waals surface area (Å²) in [5, 5.41) is 10.3. The van der Waals surface area contributed by atoms with Crippen molar-refractivity contribution in [3.63, 3.8) is 0 Å². The predicted molar refractivity (Wildman–Crippen MR) is 58.4 cm³/mol. The highest BCUT2D eigenvalue weighted by Crippen LogP contribution is 2.49. The minimum absolute atomic E-state index is 0.00250. The maximum atomic E-state index is 11.3. The average Bonchev–Trinajstić information content (AvgIpc) is 2.72. The lowest BCUT2D eigenvalue weighted by Crippen LogP contribution is -2.03. The van der Waals surface area contributed by atoms with Gasteiger partial charge in [-0.3, -0.25) is 0 Å². The van der Waals surface area contributed by atoms with Crippen molar-refractivity contribution >= 4 is 29.5 Å². The van der Waals surface area contributed by atoms with Gasteiger partial charge in [-0.05, 0) is 0 Å². The van der Waals surface area contributed by atoms with E-state index in [1.807, 2.05) is 6.07 Å². The van der Waals surface area contributed by atoms with Crippen LogP contribution in [0, 0.1) is 11.3 Å². The van der Waals surface area contributed by atoms with Crippen LogP contribution in [0.2, 0.25) is 0 Å². The summed E-state index contributed by atoms with van der Waals surface area (Å²) in [6, 6.07) is 1.84.